The number of rotatable bonds is 4. The Balaban J connectivity index is 1.96. The SMILES string of the molecule is Cc1ccc(NC(=O)CC2(CN)CCC2)cc1C. The lowest BCUT2D eigenvalue weighted by Gasteiger charge is -2.40. The molecule has 1 aromatic rings. The summed E-state index contributed by atoms with van der Waals surface area (Å²) in [7, 11) is 0. The van der Waals surface area contributed by atoms with Gasteiger partial charge in [-0.15, -0.1) is 0 Å². The van der Waals surface area contributed by atoms with Gasteiger partial charge in [0.05, 0.1) is 0 Å². The van der Waals surface area contributed by atoms with Gasteiger partial charge in [-0.25, -0.2) is 0 Å². The van der Waals surface area contributed by atoms with Gasteiger partial charge in [-0.1, -0.05) is 12.5 Å². The molecule has 0 heterocycles. The largest absolute Gasteiger partial charge is 0.330 e. The first-order valence-electron chi connectivity index (χ1n) is 6.62. The number of nitrogens with two attached hydrogens (primary N) is 1. The summed E-state index contributed by atoms with van der Waals surface area (Å²) >= 11 is 0. The number of carbonyl (C=O) groups excluding carboxylic acids is 1. The molecule has 98 valence electrons. The molecular weight excluding hydrogens is 224 g/mol. The molecule has 18 heavy (non-hydrogen) atoms. The molecule has 0 radical (unpaired) electrons. The first-order valence-corrected chi connectivity index (χ1v) is 6.62. The zero-order valence-electron chi connectivity index (χ0n) is 11.3. The van der Waals surface area contributed by atoms with Gasteiger partial charge < -0.3 is 11.1 Å². The molecule has 1 aromatic carbocycles. The summed E-state index contributed by atoms with van der Waals surface area (Å²) in [6.45, 7) is 4.74. The predicted octanol–water partition coefficient (Wildman–Crippen LogP) is 2.76. The minimum absolute atomic E-state index is 0.0732. The van der Waals surface area contributed by atoms with Crippen molar-refractivity contribution in [2.24, 2.45) is 11.1 Å². The van der Waals surface area contributed by atoms with Crippen LogP contribution in [0.4, 0.5) is 5.69 Å². The number of anilines is 1. The van der Waals surface area contributed by atoms with E-state index in [1.54, 1.807) is 0 Å². The van der Waals surface area contributed by atoms with Crippen LogP contribution < -0.4 is 11.1 Å². The third-order valence-corrected chi connectivity index (χ3v) is 4.17. The lowest BCUT2D eigenvalue weighted by atomic mass is 9.66. The van der Waals surface area contributed by atoms with Crippen LogP contribution in [0.2, 0.25) is 0 Å². The zero-order chi connectivity index (χ0) is 13.2. The van der Waals surface area contributed by atoms with Crippen molar-refractivity contribution in [3.63, 3.8) is 0 Å². The normalized spacial score (nSPS) is 17.1. The van der Waals surface area contributed by atoms with Gasteiger partial charge in [0, 0.05) is 12.1 Å². The molecule has 3 nitrogen and oxygen atoms in total. The minimum Gasteiger partial charge on any atom is -0.330 e. The first-order chi connectivity index (χ1) is 8.54. The quantitative estimate of drug-likeness (QED) is 0.858. The number of amides is 1. The van der Waals surface area contributed by atoms with E-state index in [4.69, 9.17) is 5.73 Å². The van der Waals surface area contributed by atoms with Crippen LogP contribution in [0.1, 0.15) is 36.8 Å². The van der Waals surface area contributed by atoms with Gasteiger partial charge in [-0.05, 0) is 61.9 Å². The molecule has 0 atom stereocenters. The smallest absolute Gasteiger partial charge is 0.224 e. The van der Waals surface area contributed by atoms with Crippen molar-refractivity contribution < 1.29 is 4.79 Å². The highest BCUT2D eigenvalue weighted by Crippen LogP contribution is 2.43. The molecule has 1 aliphatic carbocycles. The molecule has 0 aliphatic heterocycles. The van der Waals surface area contributed by atoms with Crippen LogP contribution in [-0.4, -0.2) is 12.5 Å². The zero-order valence-corrected chi connectivity index (χ0v) is 11.3. The lowest BCUT2D eigenvalue weighted by Crippen LogP contribution is -2.40. The van der Waals surface area contributed by atoms with Crippen LogP contribution in [-0.2, 0) is 4.79 Å². The summed E-state index contributed by atoms with van der Waals surface area (Å²) in [6, 6.07) is 6.01. The van der Waals surface area contributed by atoms with E-state index < -0.39 is 0 Å². The standard InChI is InChI=1S/C15H22N2O/c1-11-4-5-13(8-12(11)2)17-14(18)9-15(10-16)6-3-7-15/h4-5,8H,3,6-7,9-10,16H2,1-2H3,(H,17,18). The van der Waals surface area contributed by atoms with Crippen molar-refractivity contribution >= 4 is 11.6 Å². The van der Waals surface area contributed by atoms with Crippen LogP contribution in [0.3, 0.4) is 0 Å². The van der Waals surface area contributed by atoms with Crippen molar-refractivity contribution in [3.05, 3.63) is 29.3 Å². The second-order valence-electron chi connectivity index (χ2n) is 5.58. The highest BCUT2D eigenvalue weighted by molar-refractivity contribution is 5.91. The number of hydrogen-bond donors (Lipinski definition) is 2. The highest BCUT2D eigenvalue weighted by atomic mass is 16.1. The maximum Gasteiger partial charge on any atom is 0.224 e. The first kappa shape index (κ1) is 13.1. The molecule has 0 aromatic heterocycles. The number of aryl methyl sites for hydroxylation is 2. The van der Waals surface area contributed by atoms with E-state index in [2.05, 4.69) is 19.2 Å². The maximum atomic E-state index is 12.0. The maximum absolute atomic E-state index is 12.0. The molecular formula is C15H22N2O. The van der Waals surface area contributed by atoms with Gasteiger partial charge in [0.15, 0.2) is 0 Å². The summed E-state index contributed by atoms with van der Waals surface area (Å²) in [5, 5.41) is 2.97. The molecule has 1 saturated carbocycles. The van der Waals surface area contributed by atoms with Gasteiger partial charge in [0.1, 0.15) is 0 Å². The molecule has 2 rings (SSSR count). The van der Waals surface area contributed by atoms with Gasteiger partial charge in [-0.2, -0.15) is 0 Å². The molecule has 0 saturated heterocycles. The Morgan fingerprint density at radius 3 is 2.56 bits per heavy atom. The number of benzene rings is 1. The Morgan fingerprint density at radius 1 is 1.33 bits per heavy atom. The van der Waals surface area contributed by atoms with Crippen molar-refractivity contribution in [3.8, 4) is 0 Å². The topological polar surface area (TPSA) is 55.1 Å². The monoisotopic (exact) mass is 246 g/mol. The summed E-state index contributed by atoms with van der Waals surface area (Å²) in [5.41, 5.74) is 9.17. The Hall–Kier alpha value is -1.35. The molecule has 3 heteroatoms. The van der Waals surface area contributed by atoms with Crippen molar-refractivity contribution in [2.75, 3.05) is 11.9 Å². The summed E-state index contributed by atoms with van der Waals surface area (Å²) in [4.78, 5) is 12.0. The third kappa shape index (κ3) is 2.72. The van der Waals surface area contributed by atoms with Crippen LogP contribution in [0.5, 0.6) is 0 Å². The van der Waals surface area contributed by atoms with Crippen LogP contribution in [0.15, 0.2) is 18.2 Å². The average molecular weight is 246 g/mol. The van der Waals surface area contributed by atoms with E-state index in [9.17, 15) is 4.79 Å². The summed E-state index contributed by atoms with van der Waals surface area (Å²) in [6.07, 6.45) is 3.93. The molecule has 0 bridgehead atoms. The van der Waals surface area contributed by atoms with Crippen LogP contribution in [0, 0.1) is 19.3 Å². The minimum atomic E-state index is 0.0732. The number of nitrogens with one attached hydrogen (secondary N) is 1. The molecule has 3 N–H and O–H groups in total. The van der Waals surface area contributed by atoms with Gasteiger partial charge >= 0.3 is 0 Å². The van der Waals surface area contributed by atoms with E-state index in [0.717, 1.165) is 18.5 Å². The fourth-order valence-corrected chi connectivity index (χ4v) is 2.49. The van der Waals surface area contributed by atoms with Gasteiger partial charge in [-0.3, -0.25) is 4.79 Å². The van der Waals surface area contributed by atoms with Crippen molar-refractivity contribution in [2.45, 2.75) is 39.5 Å². The third-order valence-electron chi connectivity index (χ3n) is 4.17. The van der Waals surface area contributed by atoms with E-state index in [-0.39, 0.29) is 11.3 Å². The molecule has 0 unspecified atom stereocenters. The van der Waals surface area contributed by atoms with Crippen LogP contribution >= 0.6 is 0 Å². The Bertz CT molecular complexity index is 444. The fourth-order valence-electron chi connectivity index (χ4n) is 2.49. The lowest BCUT2D eigenvalue weighted by molar-refractivity contribution is -0.119. The number of carbonyl (C=O) groups is 1. The highest BCUT2D eigenvalue weighted by Gasteiger charge is 2.37. The predicted molar refractivity (Wildman–Crippen MR) is 74.5 cm³/mol. The van der Waals surface area contributed by atoms with E-state index in [0.29, 0.717) is 13.0 Å². The molecule has 1 aliphatic rings. The van der Waals surface area contributed by atoms with E-state index in [1.807, 2.05) is 18.2 Å². The Labute approximate surface area is 109 Å². The molecule has 1 fully saturated rings. The van der Waals surface area contributed by atoms with Crippen molar-refractivity contribution in [1.82, 2.24) is 0 Å². The van der Waals surface area contributed by atoms with Gasteiger partial charge in [0.2, 0.25) is 5.91 Å². The summed E-state index contributed by atoms with van der Waals surface area (Å²) < 4.78 is 0. The Morgan fingerprint density at radius 2 is 2.06 bits per heavy atom. The van der Waals surface area contributed by atoms with Crippen LogP contribution in [0.25, 0.3) is 0 Å². The van der Waals surface area contributed by atoms with E-state index >= 15 is 0 Å². The second kappa shape index (κ2) is 5.11. The molecule has 1 amide bonds. The number of hydrogen-bond acceptors (Lipinski definition) is 2. The van der Waals surface area contributed by atoms with Gasteiger partial charge in [0.25, 0.3) is 0 Å². The summed E-state index contributed by atoms with van der Waals surface area (Å²) in [5.74, 6) is 0.0865. The fraction of sp³-hybridized carbons (Fsp3) is 0.533. The molecule has 0 spiro atoms. The second-order valence-corrected chi connectivity index (χ2v) is 5.58. The Kier molecular flexibility index (Phi) is 3.71. The van der Waals surface area contributed by atoms with Crippen molar-refractivity contribution in [1.29, 1.82) is 0 Å². The van der Waals surface area contributed by atoms with E-state index in [1.165, 1.54) is 17.5 Å². The average Bonchev–Trinajstić information content (AvgIpc) is 2.29.